The van der Waals surface area contributed by atoms with Gasteiger partial charge < -0.3 is 10.2 Å². The van der Waals surface area contributed by atoms with E-state index in [-0.39, 0.29) is 36.0 Å². The van der Waals surface area contributed by atoms with Gasteiger partial charge in [0.15, 0.2) is 0 Å². The number of rotatable bonds is 9. The van der Waals surface area contributed by atoms with Crippen LogP contribution >= 0.6 is 27.7 Å². The molecule has 0 radical (unpaired) electrons. The highest BCUT2D eigenvalue weighted by molar-refractivity contribution is 9.10. The lowest BCUT2D eigenvalue weighted by molar-refractivity contribution is -0.139. The molecule has 172 valence electrons. The van der Waals surface area contributed by atoms with Crippen LogP contribution in [0, 0.1) is 5.82 Å². The summed E-state index contributed by atoms with van der Waals surface area (Å²) in [5.74, 6) is 0.456. The molecule has 1 N–H and O–H groups in total. The number of nitrogens with zero attached hydrogens (tertiary/aromatic N) is 1. The van der Waals surface area contributed by atoms with Gasteiger partial charge in [0.25, 0.3) is 0 Å². The predicted molar refractivity (Wildman–Crippen MR) is 132 cm³/mol. The van der Waals surface area contributed by atoms with Gasteiger partial charge >= 0.3 is 0 Å². The van der Waals surface area contributed by atoms with Crippen LogP contribution in [0.25, 0.3) is 0 Å². The molecule has 1 atom stereocenters. The number of amides is 2. The van der Waals surface area contributed by atoms with Crippen LogP contribution in [0.1, 0.15) is 50.2 Å². The van der Waals surface area contributed by atoms with Gasteiger partial charge in [0.05, 0.1) is 5.75 Å². The van der Waals surface area contributed by atoms with Gasteiger partial charge in [0, 0.05) is 22.8 Å². The first kappa shape index (κ1) is 24.8. The molecule has 0 aromatic heterocycles. The summed E-state index contributed by atoms with van der Waals surface area (Å²) in [5, 5.41) is 3.13. The summed E-state index contributed by atoms with van der Waals surface area (Å²) < 4.78 is 14.4. The molecule has 0 spiro atoms. The standard InChI is InChI=1S/C25H30BrFN2O2S/c1-18(25(31)28-23-5-3-2-4-6-23)29(15-19-9-13-22(27)14-10-19)24(30)17-32-16-20-7-11-21(26)12-8-20/h7-14,18,23H,2-6,15-17H2,1H3,(H,28,31)/t18-/m1/s1. The fraction of sp³-hybridized carbons (Fsp3) is 0.440. The maximum atomic E-state index is 13.3. The molecule has 7 heteroatoms. The number of halogens is 2. The molecule has 3 rings (SSSR count). The van der Waals surface area contributed by atoms with Crippen LogP contribution in [0.3, 0.4) is 0 Å². The molecule has 0 unspecified atom stereocenters. The lowest BCUT2D eigenvalue weighted by atomic mass is 9.95. The maximum absolute atomic E-state index is 13.3. The molecule has 1 aliphatic carbocycles. The Labute approximate surface area is 202 Å². The third-order valence-electron chi connectivity index (χ3n) is 5.79. The van der Waals surface area contributed by atoms with Crippen LogP contribution in [0.15, 0.2) is 53.0 Å². The van der Waals surface area contributed by atoms with Crippen molar-refractivity contribution in [3.63, 3.8) is 0 Å². The Bertz CT molecular complexity index is 886. The Hall–Kier alpha value is -1.86. The molecule has 0 heterocycles. The van der Waals surface area contributed by atoms with Gasteiger partial charge in [-0.05, 0) is 55.2 Å². The Morgan fingerprint density at radius 2 is 1.69 bits per heavy atom. The van der Waals surface area contributed by atoms with Crippen molar-refractivity contribution in [2.24, 2.45) is 0 Å². The molecule has 1 fully saturated rings. The van der Waals surface area contributed by atoms with Crippen molar-refractivity contribution >= 4 is 39.5 Å². The molecule has 2 amide bonds. The quantitative estimate of drug-likeness (QED) is 0.462. The second-order valence-electron chi connectivity index (χ2n) is 8.29. The molecular formula is C25H30BrFN2O2S. The molecule has 0 bridgehead atoms. The number of benzene rings is 2. The van der Waals surface area contributed by atoms with E-state index in [2.05, 4.69) is 21.2 Å². The van der Waals surface area contributed by atoms with Gasteiger partial charge in [-0.2, -0.15) is 0 Å². The second kappa shape index (κ2) is 12.4. The van der Waals surface area contributed by atoms with Crippen molar-refractivity contribution in [3.8, 4) is 0 Å². The summed E-state index contributed by atoms with van der Waals surface area (Å²) in [4.78, 5) is 27.7. The fourth-order valence-corrected chi connectivity index (χ4v) is 4.99. The Morgan fingerprint density at radius 3 is 2.34 bits per heavy atom. The zero-order valence-electron chi connectivity index (χ0n) is 18.4. The molecule has 0 saturated heterocycles. The molecule has 1 aliphatic rings. The first-order chi connectivity index (χ1) is 15.4. The highest BCUT2D eigenvalue weighted by atomic mass is 79.9. The van der Waals surface area contributed by atoms with Gasteiger partial charge in [0.2, 0.25) is 11.8 Å². The summed E-state index contributed by atoms with van der Waals surface area (Å²) in [6.45, 7) is 2.05. The summed E-state index contributed by atoms with van der Waals surface area (Å²) in [5.41, 5.74) is 1.94. The zero-order valence-corrected chi connectivity index (χ0v) is 20.8. The van der Waals surface area contributed by atoms with Gasteiger partial charge in [-0.25, -0.2) is 4.39 Å². The highest BCUT2D eigenvalue weighted by Gasteiger charge is 2.28. The minimum absolute atomic E-state index is 0.0947. The van der Waals surface area contributed by atoms with E-state index < -0.39 is 6.04 Å². The number of thioether (sulfide) groups is 1. The normalized spacial score (nSPS) is 15.2. The molecule has 4 nitrogen and oxygen atoms in total. The number of nitrogens with one attached hydrogen (secondary N) is 1. The van der Waals surface area contributed by atoms with Crippen molar-refractivity contribution in [2.45, 2.75) is 63.4 Å². The molecular weight excluding hydrogens is 491 g/mol. The van der Waals surface area contributed by atoms with Crippen molar-refractivity contribution in [1.29, 1.82) is 0 Å². The Balaban J connectivity index is 1.64. The largest absolute Gasteiger partial charge is 0.352 e. The monoisotopic (exact) mass is 520 g/mol. The van der Waals surface area contributed by atoms with Crippen molar-refractivity contribution in [2.75, 3.05) is 5.75 Å². The van der Waals surface area contributed by atoms with Gasteiger partial charge in [-0.1, -0.05) is 59.5 Å². The minimum atomic E-state index is -0.595. The first-order valence-electron chi connectivity index (χ1n) is 11.1. The molecule has 2 aromatic carbocycles. The average Bonchev–Trinajstić information content (AvgIpc) is 2.80. The average molecular weight is 521 g/mol. The third kappa shape index (κ3) is 7.62. The van der Waals surface area contributed by atoms with E-state index in [1.807, 2.05) is 24.3 Å². The van der Waals surface area contributed by atoms with Crippen LogP contribution in [0.5, 0.6) is 0 Å². The van der Waals surface area contributed by atoms with Crippen LogP contribution in [0.4, 0.5) is 4.39 Å². The summed E-state index contributed by atoms with van der Waals surface area (Å²) in [7, 11) is 0. The van der Waals surface area contributed by atoms with Gasteiger partial charge in [-0.3, -0.25) is 9.59 Å². The van der Waals surface area contributed by atoms with E-state index >= 15 is 0 Å². The smallest absolute Gasteiger partial charge is 0.242 e. The number of carbonyl (C=O) groups is 2. The summed E-state index contributed by atoms with van der Waals surface area (Å²) >= 11 is 4.96. The number of hydrogen-bond acceptors (Lipinski definition) is 3. The lowest BCUT2D eigenvalue weighted by Gasteiger charge is -2.31. The minimum Gasteiger partial charge on any atom is -0.352 e. The highest BCUT2D eigenvalue weighted by Crippen LogP contribution is 2.20. The van der Waals surface area contributed by atoms with E-state index in [4.69, 9.17) is 0 Å². The van der Waals surface area contributed by atoms with Crippen molar-refractivity contribution < 1.29 is 14.0 Å². The van der Waals surface area contributed by atoms with Crippen molar-refractivity contribution in [1.82, 2.24) is 10.2 Å². The molecule has 0 aliphatic heterocycles. The SMILES string of the molecule is C[C@H](C(=O)NC1CCCCC1)N(Cc1ccc(F)cc1)C(=O)CSCc1ccc(Br)cc1. The maximum Gasteiger partial charge on any atom is 0.242 e. The van der Waals surface area contributed by atoms with E-state index in [1.54, 1.807) is 24.0 Å². The van der Waals surface area contributed by atoms with E-state index in [0.29, 0.717) is 5.75 Å². The molecule has 32 heavy (non-hydrogen) atoms. The first-order valence-corrected chi connectivity index (χ1v) is 13.0. The number of hydrogen-bond donors (Lipinski definition) is 1. The predicted octanol–water partition coefficient (Wildman–Crippen LogP) is 5.69. The summed E-state index contributed by atoms with van der Waals surface area (Å²) in [6.07, 6.45) is 5.46. The second-order valence-corrected chi connectivity index (χ2v) is 10.2. The van der Waals surface area contributed by atoms with Crippen LogP contribution in [-0.4, -0.2) is 34.6 Å². The van der Waals surface area contributed by atoms with Crippen molar-refractivity contribution in [3.05, 3.63) is 69.9 Å². The van der Waals surface area contributed by atoms with Crippen LogP contribution < -0.4 is 5.32 Å². The molecule has 1 saturated carbocycles. The lowest BCUT2D eigenvalue weighted by Crippen LogP contribution is -2.50. The summed E-state index contributed by atoms with van der Waals surface area (Å²) in [6, 6.07) is 13.7. The number of carbonyl (C=O) groups excluding carboxylic acids is 2. The Kier molecular flexibility index (Phi) is 9.60. The topological polar surface area (TPSA) is 49.4 Å². The van der Waals surface area contributed by atoms with Gasteiger partial charge in [0.1, 0.15) is 11.9 Å². The van der Waals surface area contributed by atoms with Gasteiger partial charge in [-0.15, -0.1) is 11.8 Å². The van der Waals surface area contributed by atoms with E-state index in [0.717, 1.165) is 41.3 Å². The third-order valence-corrected chi connectivity index (χ3v) is 7.31. The van der Waals surface area contributed by atoms with E-state index in [9.17, 15) is 14.0 Å². The van der Waals surface area contributed by atoms with Crippen LogP contribution in [0.2, 0.25) is 0 Å². The fourth-order valence-electron chi connectivity index (χ4n) is 3.86. The Morgan fingerprint density at radius 1 is 1.06 bits per heavy atom. The molecule has 2 aromatic rings. The zero-order chi connectivity index (χ0) is 22.9. The van der Waals surface area contributed by atoms with Crippen LogP contribution in [-0.2, 0) is 21.9 Å². The van der Waals surface area contributed by atoms with E-state index in [1.165, 1.54) is 30.3 Å².